The van der Waals surface area contributed by atoms with E-state index in [2.05, 4.69) is 5.32 Å². The maximum absolute atomic E-state index is 12.3. The highest BCUT2D eigenvalue weighted by Crippen LogP contribution is 2.27. The van der Waals surface area contributed by atoms with Gasteiger partial charge in [-0.1, -0.05) is 29.3 Å². The molecular weight excluding hydrogens is 344 g/mol. The summed E-state index contributed by atoms with van der Waals surface area (Å²) in [5.74, 6) is -0.405. The summed E-state index contributed by atoms with van der Waals surface area (Å²) in [5.41, 5.74) is 1.70. The Labute approximate surface area is 138 Å². The lowest BCUT2D eigenvalue weighted by molar-refractivity contribution is -0.116. The van der Waals surface area contributed by atoms with E-state index in [-0.39, 0.29) is 10.8 Å². The quantitative estimate of drug-likeness (QED) is 0.893. The first-order valence-electron chi connectivity index (χ1n) is 6.37. The lowest BCUT2D eigenvalue weighted by Crippen LogP contribution is -2.34. The van der Waals surface area contributed by atoms with E-state index in [0.717, 1.165) is 21.2 Å². The first-order valence-corrected chi connectivity index (χ1v) is 9.00. The molecule has 0 atom stereocenters. The van der Waals surface area contributed by atoms with Crippen LogP contribution in [-0.4, -0.2) is 32.2 Å². The Balaban J connectivity index is 2.03. The molecule has 1 N–H and O–H groups in total. The van der Waals surface area contributed by atoms with Crippen LogP contribution >= 0.6 is 22.9 Å². The van der Waals surface area contributed by atoms with Crippen molar-refractivity contribution in [3.05, 3.63) is 46.3 Å². The molecule has 0 aliphatic heterocycles. The van der Waals surface area contributed by atoms with Crippen LogP contribution in [-0.2, 0) is 14.8 Å². The smallest absolute Gasteiger partial charge is 0.252 e. The van der Waals surface area contributed by atoms with Gasteiger partial charge >= 0.3 is 0 Å². The van der Waals surface area contributed by atoms with Crippen LogP contribution in [0.15, 0.2) is 40.6 Å². The number of likely N-dealkylation sites (N-methyl/N-ethyl adjacent to an activating group) is 1. The van der Waals surface area contributed by atoms with Crippen LogP contribution in [0.25, 0.3) is 0 Å². The zero-order chi connectivity index (χ0) is 16.3. The third-order valence-corrected chi connectivity index (χ3v) is 6.42. The Morgan fingerprint density at radius 1 is 1.23 bits per heavy atom. The van der Waals surface area contributed by atoms with E-state index in [1.807, 2.05) is 19.1 Å². The molecule has 118 valence electrons. The van der Waals surface area contributed by atoms with Gasteiger partial charge in [-0.3, -0.25) is 4.79 Å². The Morgan fingerprint density at radius 3 is 2.41 bits per heavy atom. The fourth-order valence-electron chi connectivity index (χ4n) is 1.71. The molecule has 8 heteroatoms. The molecule has 0 aliphatic rings. The number of hydrogen-bond acceptors (Lipinski definition) is 4. The second-order valence-electron chi connectivity index (χ2n) is 4.73. The minimum absolute atomic E-state index is 0.114. The molecule has 1 aromatic heterocycles. The lowest BCUT2D eigenvalue weighted by Gasteiger charge is -2.15. The Bertz CT molecular complexity index is 770. The number of amides is 1. The zero-order valence-corrected chi connectivity index (χ0v) is 14.4. The predicted molar refractivity (Wildman–Crippen MR) is 89.0 cm³/mol. The number of anilines is 1. The van der Waals surface area contributed by atoms with Crippen LogP contribution in [0, 0.1) is 6.92 Å². The molecule has 0 radical (unpaired) electrons. The van der Waals surface area contributed by atoms with E-state index in [9.17, 15) is 13.2 Å². The van der Waals surface area contributed by atoms with Crippen molar-refractivity contribution in [2.75, 3.05) is 18.9 Å². The van der Waals surface area contributed by atoms with E-state index >= 15 is 0 Å². The summed E-state index contributed by atoms with van der Waals surface area (Å²) in [5, 5.41) is 2.66. The van der Waals surface area contributed by atoms with Gasteiger partial charge in [0.05, 0.1) is 10.9 Å². The summed E-state index contributed by atoms with van der Waals surface area (Å²) in [6.45, 7) is 1.67. The van der Waals surface area contributed by atoms with Crippen molar-refractivity contribution >= 4 is 44.6 Å². The van der Waals surface area contributed by atoms with Gasteiger partial charge in [-0.15, -0.1) is 11.3 Å². The van der Waals surface area contributed by atoms with Crippen LogP contribution in [0.2, 0.25) is 4.34 Å². The summed E-state index contributed by atoms with van der Waals surface area (Å²) in [4.78, 5) is 12.0. The zero-order valence-electron chi connectivity index (χ0n) is 12.0. The van der Waals surface area contributed by atoms with Crippen molar-refractivity contribution in [2.24, 2.45) is 0 Å². The maximum Gasteiger partial charge on any atom is 0.252 e. The van der Waals surface area contributed by atoms with Gasteiger partial charge in [0.1, 0.15) is 4.21 Å². The molecule has 0 saturated heterocycles. The van der Waals surface area contributed by atoms with Crippen LogP contribution in [0.4, 0.5) is 5.69 Å². The molecule has 0 fully saturated rings. The monoisotopic (exact) mass is 358 g/mol. The van der Waals surface area contributed by atoms with Gasteiger partial charge in [0.2, 0.25) is 5.91 Å². The molecule has 2 rings (SSSR count). The van der Waals surface area contributed by atoms with Crippen LogP contribution in [0.1, 0.15) is 5.56 Å². The molecule has 1 heterocycles. The van der Waals surface area contributed by atoms with Crippen molar-refractivity contribution in [3.63, 3.8) is 0 Å². The molecule has 0 aliphatic carbocycles. The standard InChI is InChI=1S/C14H15ClN2O3S2/c1-10-3-5-11(6-4-10)16-13(18)9-17(2)22(19,20)14-8-7-12(15)21-14/h3-8H,9H2,1-2H3,(H,16,18). The van der Waals surface area contributed by atoms with Gasteiger partial charge in [0.25, 0.3) is 10.0 Å². The van der Waals surface area contributed by atoms with E-state index in [1.54, 1.807) is 12.1 Å². The number of nitrogens with zero attached hydrogens (tertiary/aromatic N) is 1. The number of aryl methyl sites for hydroxylation is 1. The number of benzene rings is 1. The molecule has 2 aromatic rings. The second-order valence-corrected chi connectivity index (χ2v) is 8.72. The summed E-state index contributed by atoms with van der Waals surface area (Å²) >= 11 is 6.71. The molecule has 5 nitrogen and oxygen atoms in total. The van der Waals surface area contributed by atoms with Gasteiger partial charge in [-0.2, -0.15) is 4.31 Å². The Hall–Kier alpha value is -1.41. The van der Waals surface area contributed by atoms with Crippen LogP contribution in [0.5, 0.6) is 0 Å². The van der Waals surface area contributed by atoms with Gasteiger partial charge in [-0.25, -0.2) is 8.42 Å². The van der Waals surface area contributed by atoms with Crippen molar-refractivity contribution in [2.45, 2.75) is 11.1 Å². The fourth-order valence-corrected chi connectivity index (χ4v) is 4.54. The molecule has 22 heavy (non-hydrogen) atoms. The molecule has 0 spiro atoms. The van der Waals surface area contributed by atoms with Crippen molar-refractivity contribution in [3.8, 4) is 0 Å². The normalized spacial score (nSPS) is 11.6. The topological polar surface area (TPSA) is 66.5 Å². The van der Waals surface area contributed by atoms with Crippen molar-refractivity contribution < 1.29 is 13.2 Å². The van der Waals surface area contributed by atoms with E-state index < -0.39 is 15.9 Å². The molecule has 0 unspecified atom stereocenters. The number of rotatable bonds is 5. The number of nitrogens with one attached hydrogen (secondary N) is 1. The molecule has 0 saturated carbocycles. The third kappa shape index (κ3) is 4.07. The number of carbonyl (C=O) groups is 1. The first-order chi connectivity index (χ1) is 10.3. The SMILES string of the molecule is Cc1ccc(NC(=O)CN(C)S(=O)(=O)c2ccc(Cl)s2)cc1. The number of thiophene rings is 1. The summed E-state index contributed by atoms with van der Waals surface area (Å²) in [7, 11) is -2.35. The first kappa shape index (κ1) is 17.0. The summed E-state index contributed by atoms with van der Waals surface area (Å²) < 4.78 is 26.0. The van der Waals surface area contributed by atoms with Gasteiger partial charge < -0.3 is 5.32 Å². The van der Waals surface area contributed by atoms with E-state index in [4.69, 9.17) is 11.6 Å². The number of carbonyl (C=O) groups excluding carboxylic acids is 1. The highest BCUT2D eigenvalue weighted by Gasteiger charge is 2.24. The number of sulfonamides is 1. The Morgan fingerprint density at radius 2 is 1.86 bits per heavy atom. The predicted octanol–water partition coefficient (Wildman–Crippen LogP) is 2.97. The molecule has 1 aromatic carbocycles. The van der Waals surface area contributed by atoms with Gasteiger partial charge in [-0.05, 0) is 31.2 Å². The lowest BCUT2D eigenvalue weighted by atomic mass is 10.2. The van der Waals surface area contributed by atoms with Gasteiger partial charge in [0, 0.05) is 12.7 Å². The summed E-state index contributed by atoms with van der Waals surface area (Å²) in [6, 6.07) is 10.2. The largest absolute Gasteiger partial charge is 0.325 e. The molecular formula is C14H15ClN2O3S2. The van der Waals surface area contributed by atoms with Crippen molar-refractivity contribution in [1.82, 2.24) is 4.31 Å². The summed E-state index contributed by atoms with van der Waals surface area (Å²) in [6.07, 6.45) is 0. The highest BCUT2D eigenvalue weighted by molar-refractivity contribution is 7.91. The fraction of sp³-hybridized carbons (Fsp3) is 0.214. The van der Waals surface area contributed by atoms with Gasteiger partial charge in [0.15, 0.2) is 0 Å². The maximum atomic E-state index is 12.3. The van der Waals surface area contributed by atoms with Crippen molar-refractivity contribution in [1.29, 1.82) is 0 Å². The highest BCUT2D eigenvalue weighted by atomic mass is 35.5. The minimum Gasteiger partial charge on any atom is -0.325 e. The second kappa shape index (κ2) is 6.78. The Kier molecular flexibility index (Phi) is 5.23. The minimum atomic E-state index is -3.71. The van der Waals surface area contributed by atoms with Crippen LogP contribution < -0.4 is 5.32 Å². The number of hydrogen-bond donors (Lipinski definition) is 1. The van der Waals surface area contributed by atoms with Crippen LogP contribution in [0.3, 0.4) is 0 Å². The average Bonchev–Trinajstić information content (AvgIpc) is 2.88. The molecule has 1 amide bonds. The number of halogens is 1. The molecule has 0 bridgehead atoms. The third-order valence-electron chi connectivity index (χ3n) is 2.91. The van der Waals surface area contributed by atoms with E-state index in [0.29, 0.717) is 10.0 Å². The average molecular weight is 359 g/mol. The van der Waals surface area contributed by atoms with E-state index in [1.165, 1.54) is 19.2 Å².